The molecule has 1 aromatic heterocycles. The molecule has 0 spiro atoms. The first kappa shape index (κ1) is 14.8. The average molecular weight is 346 g/mol. The van der Waals surface area contributed by atoms with Crippen LogP contribution in [0.4, 0.5) is 0 Å². The van der Waals surface area contributed by atoms with E-state index in [0.717, 1.165) is 34.4 Å². The SMILES string of the molecule is COCCC(C)n1c(C(C)Cl)nc2ccc(Br)cc21. The zero-order chi connectivity index (χ0) is 14.0. The monoisotopic (exact) mass is 344 g/mol. The summed E-state index contributed by atoms with van der Waals surface area (Å²) < 4.78 is 8.44. The lowest BCUT2D eigenvalue weighted by atomic mass is 10.2. The van der Waals surface area contributed by atoms with Crippen molar-refractivity contribution in [3.63, 3.8) is 0 Å². The summed E-state index contributed by atoms with van der Waals surface area (Å²) in [7, 11) is 1.72. The largest absolute Gasteiger partial charge is 0.385 e. The number of alkyl halides is 1. The minimum absolute atomic E-state index is 0.115. The highest BCUT2D eigenvalue weighted by atomic mass is 79.9. The molecule has 0 saturated carbocycles. The van der Waals surface area contributed by atoms with Crippen LogP contribution in [0.1, 0.15) is 37.5 Å². The summed E-state index contributed by atoms with van der Waals surface area (Å²) in [6.07, 6.45) is 0.936. The third-order valence-electron chi connectivity index (χ3n) is 3.22. The summed E-state index contributed by atoms with van der Waals surface area (Å²) in [5.74, 6) is 0.915. The normalized spacial score (nSPS) is 14.8. The van der Waals surface area contributed by atoms with Crippen molar-refractivity contribution in [2.24, 2.45) is 0 Å². The molecule has 2 atom stereocenters. The van der Waals surface area contributed by atoms with E-state index in [1.807, 2.05) is 19.1 Å². The van der Waals surface area contributed by atoms with E-state index in [1.54, 1.807) is 7.11 Å². The van der Waals surface area contributed by atoms with Crippen LogP contribution in [0.3, 0.4) is 0 Å². The van der Waals surface area contributed by atoms with Crippen LogP contribution in [0.15, 0.2) is 22.7 Å². The highest BCUT2D eigenvalue weighted by Gasteiger charge is 2.19. The van der Waals surface area contributed by atoms with Crippen molar-refractivity contribution in [3.05, 3.63) is 28.5 Å². The quantitative estimate of drug-likeness (QED) is 0.735. The van der Waals surface area contributed by atoms with Crippen LogP contribution >= 0.6 is 27.5 Å². The van der Waals surface area contributed by atoms with Gasteiger partial charge in [-0.05, 0) is 38.5 Å². The van der Waals surface area contributed by atoms with E-state index in [4.69, 9.17) is 16.3 Å². The highest BCUT2D eigenvalue weighted by Crippen LogP contribution is 2.30. The molecule has 0 fully saturated rings. The van der Waals surface area contributed by atoms with Crippen LogP contribution in [0.2, 0.25) is 0 Å². The van der Waals surface area contributed by atoms with Crippen LogP contribution in [0.25, 0.3) is 11.0 Å². The molecule has 19 heavy (non-hydrogen) atoms. The molecular weight excluding hydrogens is 328 g/mol. The predicted octanol–water partition coefficient (Wildman–Crippen LogP) is 4.70. The predicted molar refractivity (Wildman–Crippen MR) is 82.9 cm³/mol. The zero-order valence-electron chi connectivity index (χ0n) is 11.4. The molecule has 0 amide bonds. The first-order valence-electron chi connectivity index (χ1n) is 6.35. The lowest BCUT2D eigenvalue weighted by Crippen LogP contribution is -2.12. The molecule has 0 N–H and O–H groups in total. The van der Waals surface area contributed by atoms with Crippen LogP contribution in [-0.4, -0.2) is 23.3 Å². The van der Waals surface area contributed by atoms with Gasteiger partial charge in [0, 0.05) is 24.2 Å². The Morgan fingerprint density at radius 3 is 2.79 bits per heavy atom. The van der Waals surface area contributed by atoms with Crippen molar-refractivity contribution in [1.29, 1.82) is 0 Å². The first-order chi connectivity index (χ1) is 9.04. The number of rotatable bonds is 5. The molecule has 0 radical (unpaired) electrons. The molecule has 0 bridgehead atoms. The van der Waals surface area contributed by atoms with Gasteiger partial charge in [0.05, 0.1) is 16.4 Å². The smallest absolute Gasteiger partial charge is 0.127 e. The fourth-order valence-electron chi connectivity index (χ4n) is 2.25. The van der Waals surface area contributed by atoms with Crippen LogP contribution in [-0.2, 0) is 4.74 Å². The number of methoxy groups -OCH3 is 1. The minimum atomic E-state index is -0.115. The molecule has 104 valence electrons. The highest BCUT2D eigenvalue weighted by molar-refractivity contribution is 9.10. The number of hydrogen-bond acceptors (Lipinski definition) is 2. The van der Waals surface area contributed by atoms with Gasteiger partial charge in [-0.2, -0.15) is 0 Å². The zero-order valence-corrected chi connectivity index (χ0v) is 13.7. The first-order valence-corrected chi connectivity index (χ1v) is 7.58. The van der Waals surface area contributed by atoms with E-state index in [-0.39, 0.29) is 5.38 Å². The number of nitrogens with zero attached hydrogens (tertiary/aromatic N) is 2. The Morgan fingerprint density at radius 2 is 2.16 bits per heavy atom. The molecule has 2 rings (SSSR count). The van der Waals surface area contributed by atoms with Crippen molar-refractivity contribution in [1.82, 2.24) is 9.55 Å². The second kappa shape index (κ2) is 6.25. The standard InChI is InChI=1S/C14H18BrClN2O/c1-9(6-7-19-3)18-13-8-11(15)4-5-12(13)17-14(18)10(2)16/h4-5,8-10H,6-7H2,1-3H3. The molecule has 0 aliphatic carbocycles. The van der Waals surface area contributed by atoms with Crippen LogP contribution in [0, 0.1) is 0 Å². The topological polar surface area (TPSA) is 27.1 Å². The van der Waals surface area contributed by atoms with Crippen molar-refractivity contribution < 1.29 is 4.74 Å². The maximum absolute atomic E-state index is 6.27. The summed E-state index contributed by atoms with van der Waals surface area (Å²) in [6, 6.07) is 6.41. The van der Waals surface area contributed by atoms with E-state index >= 15 is 0 Å². The Morgan fingerprint density at radius 1 is 1.42 bits per heavy atom. The molecule has 0 aliphatic rings. The third kappa shape index (κ3) is 3.12. The molecule has 0 saturated heterocycles. The Bertz CT molecular complexity index is 568. The van der Waals surface area contributed by atoms with Gasteiger partial charge in [-0.15, -0.1) is 11.6 Å². The van der Waals surface area contributed by atoms with Gasteiger partial charge in [0.2, 0.25) is 0 Å². The second-order valence-electron chi connectivity index (χ2n) is 4.72. The summed E-state index contributed by atoms with van der Waals surface area (Å²) in [5.41, 5.74) is 2.09. The lowest BCUT2D eigenvalue weighted by Gasteiger charge is -2.18. The number of halogens is 2. The summed E-state index contributed by atoms with van der Waals surface area (Å²) >= 11 is 9.79. The van der Waals surface area contributed by atoms with Gasteiger partial charge in [-0.25, -0.2) is 4.98 Å². The summed E-state index contributed by atoms with van der Waals surface area (Å²) in [5, 5.41) is -0.115. The minimum Gasteiger partial charge on any atom is -0.385 e. The fraction of sp³-hybridized carbons (Fsp3) is 0.500. The van der Waals surface area contributed by atoms with Gasteiger partial charge in [0.25, 0.3) is 0 Å². The number of hydrogen-bond donors (Lipinski definition) is 0. The maximum atomic E-state index is 6.27. The Kier molecular flexibility index (Phi) is 4.87. The van der Waals surface area contributed by atoms with Gasteiger partial charge < -0.3 is 9.30 Å². The molecule has 2 unspecified atom stereocenters. The van der Waals surface area contributed by atoms with Gasteiger partial charge in [0.1, 0.15) is 5.82 Å². The van der Waals surface area contributed by atoms with Crippen molar-refractivity contribution >= 4 is 38.6 Å². The molecule has 2 aromatic rings. The van der Waals surface area contributed by atoms with E-state index in [2.05, 4.69) is 38.5 Å². The van der Waals surface area contributed by atoms with E-state index < -0.39 is 0 Å². The number of fused-ring (bicyclic) bond motifs is 1. The van der Waals surface area contributed by atoms with Crippen molar-refractivity contribution in [2.45, 2.75) is 31.7 Å². The summed E-state index contributed by atoms with van der Waals surface area (Å²) in [6.45, 7) is 4.85. The number of imidazole rings is 1. The van der Waals surface area contributed by atoms with E-state index in [0.29, 0.717) is 6.04 Å². The Labute approximate surface area is 127 Å². The van der Waals surface area contributed by atoms with E-state index in [1.165, 1.54) is 0 Å². The van der Waals surface area contributed by atoms with Gasteiger partial charge in [-0.1, -0.05) is 15.9 Å². The molecule has 0 aliphatic heterocycles. The van der Waals surface area contributed by atoms with Crippen molar-refractivity contribution in [2.75, 3.05) is 13.7 Å². The van der Waals surface area contributed by atoms with Crippen LogP contribution < -0.4 is 0 Å². The van der Waals surface area contributed by atoms with Gasteiger partial charge >= 0.3 is 0 Å². The molecule has 5 heteroatoms. The number of benzene rings is 1. The van der Waals surface area contributed by atoms with Gasteiger partial charge in [-0.3, -0.25) is 0 Å². The number of ether oxygens (including phenoxy) is 1. The third-order valence-corrected chi connectivity index (χ3v) is 3.90. The Balaban J connectivity index is 2.53. The van der Waals surface area contributed by atoms with E-state index in [9.17, 15) is 0 Å². The van der Waals surface area contributed by atoms with Gasteiger partial charge in [0.15, 0.2) is 0 Å². The molecule has 1 aromatic carbocycles. The van der Waals surface area contributed by atoms with Crippen molar-refractivity contribution in [3.8, 4) is 0 Å². The average Bonchev–Trinajstić information content (AvgIpc) is 2.74. The lowest BCUT2D eigenvalue weighted by molar-refractivity contribution is 0.181. The van der Waals surface area contributed by atoms with Crippen LogP contribution in [0.5, 0.6) is 0 Å². The summed E-state index contributed by atoms with van der Waals surface area (Å²) in [4.78, 5) is 4.65. The maximum Gasteiger partial charge on any atom is 0.127 e. The number of aromatic nitrogens is 2. The molecule has 1 heterocycles. The second-order valence-corrected chi connectivity index (χ2v) is 6.29. The molecular formula is C14H18BrClN2O. The molecule has 3 nitrogen and oxygen atoms in total. The fourth-order valence-corrected chi connectivity index (χ4v) is 2.75. The Hall–Kier alpha value is -0.580.